The fourth-order valence-electron chi connectivity index (χ4n) is 3.05. The van der Waals surface area contributed by atoms with Crippen LogP contribution in [0.25, 0.3) is 0 Å². The Hall–Kier alpha value is -3.33. The number of carbonyl (C=O) groups is 4. The van der Waals surface area contributed by atoms with Gasteiger partial charge in [0, 0.05) is 18.7 Å². The molecule has 1 atom stereocenters. The Morgan fingerprint density at radius 3 is 2.79 bits per heavy atom. The van der Waals surface area contributed by atoms with E-state index in [1.165, 1.54) is 17.3 Å². The fourth-order valence-corrected chi connectivity index (χ4v) is 3.14. The van der Waals surface area contributed by atoms with Gasteiger partial charge < -0.3 is 10.2 Å². The van der Waals surface area contributed by atoms with E-state index in [9.17, 15) is 19.2 Å². The number of halogens is 1. The van der Waals surface area contributed by atoms with Crippen molar-refractivity contribution < 1.29 is 19.2 Å². The molecule has 0 radical (unpaired) electrons. The monoisotopic (exact) mass is 415 g/mol. The summed E-state index contributed by atoms with van der Waals surface area (Å²) in [6, 6.07) is 4.53. The first kappa shape index (κ1) is 20.4. The van der Waals surface area contributed by atoms with Gasteiger partial charge in [-0.05, 0) is 30.5 Å². The number of carbonyl (C=O) groups excluding carboxylic acids is 4. The molecule has 150 valence electrons. The number of rotatable bonds is 6. The van der Waals surface area contributed by atoms with Gasteiger partial charge in [0.2, 0.25) is 18.2 Å². The molecule has 0 aliphatic carbocycles. The largest absolute Gasteiger partial charge is 0.329 e. The highest BCUT2D eigenvalue weighted by molar-refractivity contribution is 6.29. The maximum Gasteiger partial charge on any atom is 0.275 e. The number of aryl methyl sites for hydroxylation is 1. The molecule has 1 saturated heterocycles. The first-order valence-corrected chi connectivity index (χ1v) is 9.19. The number of anilines is 1. The molecule has 2 heterocycles. The molecule has 0 bridgehead atoms. The summed E-state index contributed by atoms with van der Waals surface area (Å²) in [7, 11) is 0. The molecule has 0 spiro atoms. The van der Waals surface area contributed by atoms with E-state index in [0.29, 0.717) is 17.7 Å². The summed E-state index contributed by atoms with van der Waals surface area (Å²) in [5.74, 6) is -1.35. The summed E-state index contributed by atoms with van der Waals surface area (Å²) in [6.07, 6.45) is 3.51. The third-order valence-corrected chi connectivity index (χ3v) is 4.79. The molecule has 2 aromatic rings. The maximum atomic E-state index is 12.5. The van der Waals surface area contributed by atoms with Crippen molar-refractivity contribution in [3.8, 4) is 0 Å². The number of benzene rings is 1. The molecule has 9 nitrogen and oxygen atoms in total. The minimum atomic E-state index is -0.754. The molecule has 4 amide bonds. The van der Waals surface area contributed by atoms with Crippen molar-refractivity contribution in [2.45, 2.75) is 32.4 Å². The molecule has 1 fully saturated rings. The normalized spacial score (nSPS) is 16.1. The average Bonchev–Trinajstić information content (AvgIpc) is 2.69. The maximum absolute atomic E-state index is 12.5. The van der Waals surface area contributed by atoms with Crippen LogP contribution in [0.2, 0.25) is 5.15 Å². The summed E-state index contributed by atoms with van der Waals surface area (Å²) in [5.41, 5.74) is 2.05. The Kier molecular flexibility index (Phi) is 6.18. The highest BCUT2D eigenvalue weighted by atomic mass is 35.5. The summed E-state index contributed by atoms with van der Waals surface area (Å²) in [6.45, 7) is 1.92. The van der Waals surface area contributed by atoms with E-state index in [0.717, 1.165) is 5.56 Å². The van der Waals surface area contributed by atoms with E-state index in [2.05, 4.69) is 20.6 Å². The number of piperidine rings is 1. The number of nitrogens with zero attached hydrogens (tertiary/aromatic N) is 3. The second kappa shape index (κ2) is 8.78. The Morgan fingerprint density at radius 1 is 1.34 bits per heavy atom. The molecule has 10 heteroatoms. The zero-order valence-electron chi connectivity index (χ0n) is 15.5. The summed E-state index contributed by atoms with van der Waals surface area (Å²) < 4.78 is 0. The number of hydrogen-bond donors (Lipinski definition) is 2. The number of aromatic nitrogens is 2. The van der Waals surface area contributed by atoms with Gasteiger partial charge in [-0.15, -0.1) is 0 Å². The predicted octanol–water partition coefficient (Wildman–Crippen LogP) is 1.45. The molecular weight excluding hydrogens is 398 g/mol. The third kappa shape index (κ3) is 4.75. The van der Waals surface area contributed by atoms with Crippen molar-refractivity contribution >= 4 is 41.4 Å². The van der Waals surface area contributed by atoms with Crippen molar-refractivity contribution in [1.82, 2.24) is 20.2 Å². The quantitative estimate of drug-likeness (QED) is 0.544. The number of imide groups is 1. The van der Waals surface area contributed by atoms with Gasteiger partial charge in [0.05, 0.1) is 12.4 Å². The summed E-state index contributed by atoms with van der Waals surface area (Å²) in [5, 5.41) is 5.17. The van der Waals surface area contributed by atoms with Crippen molar-refractivity contribution in [1.29, 1.82) is 0 Å². The Balaban J connectivity index is 1.82. The highest BCUT2D eigenvalue weighted by Crippen LogP contribution is 2.24. The van der Waals surface area contributed by atoms with Crippen LogP contribution in [0.1, 0.15) is 34.5 Å². The Labute approximate surface area is 171 Å². The van der Waals surface area contributed by atoms with Crippen LogP contribution in [0.5, 0.6) is 0 Å². The molecule has 0 saturated carbocycles. The third-order valence-electron chi connectivity index (χ3n) is 4.60. The van der Waals surface area contributed by atoms with Gasteiger partial charge in [0.15, 0.2) is 0 Å². The smallest absolute Gasteiger partial charge is 0.275 e. The number of nitrogens with one attached hydrogen (secondary N) is 2. The number of hydrogen-bond acceptors (Lipinski definition) is 6. The van der Waals surface area contributed by atoms with Crippen LogP contribution in [0.3, 0.4) is 0 Å². The van der Waals surface area contributed by atoms with Crippen LogP contribution in [-0.2, 0) is 20.9 Å². The zero-order valence-corrected chi connectivity index (χ0v) is 16.3. The zero-order chi connectivity index (χ0) is 21.0. The molecule has 1 aliphatic heterocycles. The summed E-state index contributed by atoms with van der Waals surface area (Å²) in [4.78, 5) is 56.8. The fraction of sp³-hybridized carbons (Fsp3) is 0.263. The minimum absolute atomic E-state index is 0.0827. The molecule has 1 aromatic carbocycles. The van der Waals surface area contributed by atoms with Gasteiger partial charge in [0.25, 0.3) is 5.91 Å². The van der Waals surface area contributed by atoms with E-state index in [1.807, 2.05) is 13.0 Å². The van der Waals surface area contributed by atoms with E-state index in [4.69, 9.17) is 11.6 Å². The van der Waals surface area contributed by atoms with Crippen LogP contribution in [0, 0.1) is 6.92 Å². The molecule has 1 unspecified atom stereocenters. The van der Waals surface area contributed by atoms with Crippen LogP contribution in [0.4, 0.5) is 5.69 Å². The molecular formula is C19H18ClN5O4. The predicted molar refractivity (Wildman–Crippen MR) is 104 cm³/mol. The van der Waals surface area contributed by atoms with Crippen LogP contribution >= 0.6 is 11.6 Å². The molecule has 1 aliphatic rings. The van der Waals surface area contributed by atoms with Crippen LogP contribution in [0.15, 0.2) is 30.6 Å². The van der Waals surface area contributed by atoms with Crippen molar-refractivity contribution in [3.05, 3.63) is 52.6 Å². The molecule has 3 rings (SSSR count). The standard InChI is InChI=1S/C19H18ClN5O4/c1-11-3-2-4-13(23-18(28)14-7-22-16(20)8-21-14)12(11)9-25(10-26)15-5-6-17(27)24-19(15)29/h2-4,7-8,10,15H,5-6,9H2,1H3,(H,23,28)(H,24,27,29). The molecule has 1 aromatic heterocycles. The minimum Gasteiger partial charge on any atom is -0.329 e. The second-order valence-corrected chi connectivity index (χ2v) is 6.91. The Bertz CT molecular complexity index is 964. The van der Waals surface area contributed by atoms with Crippen molar-refractivity contribution in [3.63, 3.8) is 0 Å². The highest BCUT2D eigenvalue weighted by Gasteiger charge is 2.31. The van der Waals surface area contributed by atoms with Gasteiger partial charge in [-0.1, -0.05) is 23.7 Å². The van der Waals surface area contributed by atoms with Gasteiger partial charge in [-0.2, -0.15) is 0 Å². The Morgan fingerprint density at radius 2 is 2.14 bits per heavy atom. The van der Waals surface area contributed by atoms with Gasteiger partial charge in [0.1, 0.15) is 16.9 Å². The first-order chi connectivity index (χ1) is 13.9. The number of amides is 4. The topological polar surface area (TPSA) is 121 Å². The van der Waals surface area contributed by atoms with E-state index in [-0.39, 0.29) is 36.1 Å². The SMILES string of the molecule is Cc1cccc(NC(=O)c2cnc(Cl)cn2)c1CN(C=O)C1CCC(=O)NC1=O. The van der Waals surface area contributed by atoms with Gasteiger partial charge in [-0.3, -0.25) is 24.5 Å². The lowest BCUT2D eigenvalue weighted by atomic mass is 10.0. The van der Waals surface area contributed by atoms with E-state index in [1.54, 1.807) is 12.1 Å². The lowest BCUT2D eigenvalue weighted by molar-refractivity contribution is -0.141. The molecule has 2 N–H and O–H groups in total. The summed E-state index contributed by atoms with van der Waals surface area (Å²) >= 11 is 5.69. The van der Waals surface area contributed by atoms with E-state index < -0.39 is 17.9 Å². The van der Waals surface area contributed by atoms with Crippen LogP contribution in [-0.4, -0.2) is 45.0 Å². The average molecular weight is 416 g/mol. The van der Waals surface area contributed by atoms with Crippen molar-refractivity contribution in [2.75, 3.05) is 5.32 Å². The van der Waals surface area contributed by atoms with Crippen molar-refractivity contribution in [2.24, 2.45) is 0 Å². The lowest BCUT2D eigenvalue weighted by Gasteiger charge is -2.30. The molecule has 29 heavy (non-hydrogen) atoms. The van der Waals surface area contributed by atoms with Gasteiger partial charge >= 0.3 is 0 Å². The first-order valence-electron chi connectivity index (χ1n) is 8.81. The van der Waals surface area contributed by atoms with Crippen LogP contribution < -0.4 is 10.6 Å². The lowest BCUT2D eigenvalue weighted by Crippen LogP contribution is -2.51. The van der Waals surface area contributed by atoms with E-state index >= 15 is 0 Å². The second-order valence-electron chi connectivity index (χ2n) is 6.52. The van der Waals surface area contributed by atoms with Gasteiger partial charge in [-0.25, -0.2) is 9.97 Å².